The predicted molar refractivity (Wildman–Crippen MR) is 78.5 cm³/mol. The molecule has 19 heavy (non-hydrogen) atoms. The van der Waals surface area contributed by atoms with Crippen molar-refractivity contribution in [1.82, 2.24) is 9.97 Å². The van der Waals surface area contributed by atoms with Gasteiger partial charge in [-0.25, -0.2) is 4.98 Å². The molecular formula is C14H26N4O. The summed E-state index contributed by atoms with van der Waals surface area (Å²) in [5, 5.41) is 3.35. The van der Waals surface area contributed by atoms with E-state index in [1.165, 1.54) is 0 Å². The molecule has 0 saturated carbocycles. The van der Waals surface area contributed by atoms with E-state index >= 15 is 0 Å². The van der Waals surface area contributed by atoms with Crippen LogP contribution in [0.25, 0.3) is 0 Å². The van der Waals surface area contributed by atoms with Gasteiger partial charge in [0, 0.05) is 17.8 Å². The number of nitrogens with two attached hydrogens (primary N) is 1. The van der Waals surface area contributed by atoms with Crippen molar-refractivity contribution in [2.45, 2.75) is 46.6 Å². The van der Waals surface area contributed by atoms with Crippen LogP contribution >= 0.6 is 0 Å². The zero-order chi connectivity index (χ0) is 14.3. The van der Waals surface area contributed by atoms with Crippen LogP contribution in [0.1, 0.15) is 39.3 Å². The molecule has 1 aromatic heterocycles. The van der Waals surface area contributed by atoms with Crippen molar-refractivity contribution in [3.63, 3.8) is 0 Å². The third-order valence-electron chi connectivity index (χ3n) is 2.88. The zero-order valence-electron chi connectivity index (χ0n) is 12.4. The summed E-state index contributed by atoms with van der Waals surface area (Å²) < 4.78 is 5.56. The number of ether oxygens (including phenoxy) is 1. The van der Waals surface area contributed by atoms with Gasteiger partial charge < -0.3 is 15.8 Å². The Morgan fingerprint density at radius 2 is 2.11 bits per heavy atom. The largest absolute Gasteiger partial charge is 0.478 e. The quantitative estimate of drug-likeness (QED) is 0.755. The van der Waals surface area contributed by atoms with E-state index in [1.54, 1.807) is 0 Å². The number of nitrogens with one attached hydrogen (secondary N) is 1. The van der Waals surface area contributed by atoms with Crippen molar-refractivity contribution in [1.29, 1.82) is 0 Å². The van der Waals surface area contributed by atoms with Crippen molar-refractivity contribution >= 4 is 5.95 Å². The van der Waals surface area contributed by atoms with Crippen LogP contribution in [0.15, 0.2) is 6.07 Å². The van der Waals surface area contributed by atoms with Gasteiger partial charge in [-0.15, -0.1) is 0 Å². The molecule has 0 aliphatic rings. The van der Waals surface area contributed by atoms with Crippen LogP contribution in [-0.2, 0) is 0 Å². The first-order valence-corrected chi connectivity index (χ1v) is 7.01. The Balaban J connectivity index is 2.78. The van der Waals surface area contributed by atoms with E-state index in [0.717, 1.165) is 18.5 Å². The van der Waals surface area contributed by atoms with Gasteiger partial charge >= 0.3 is 0 Å². The van der Waals surface area contributed by atoms with E-state index in [0.29, 0.717) is 30.9 Å². The third-order valence-corrected chi connectivity index (χ3v) is 2.88. The Morgan fingerprint density at radius 3 is 2.68 bits per heavy atom. The fourth-order valence-electron chi connectivity index (χ4n) is 1.80. The maximum absolute atomic E-state index is 5.64. The SMILES string of the molecule is CCCOc1cc(C)nc(NC(CCN)C(C)C)n1. The summed E-state index contributed by atoms with van der Waals surface area (Å²) >= 11 is 0. The molecule has 1 aromatic rings. The maximum Gasteiger partial charge on any atom is 0.226 e. The van der Waals surface area contributed by atoms with E-state index in [9.17, 15) is 0 Å². The summed E-state index contributed by atoms with van der Waals surface area (Å²) in [5.74, 6) is 1.73. The Morgan fingerprint density at radius 1 is 1.37 bits per heavy atom. The Labute approximate surface area is 116 Å². The van der Waals surface area contributed by atoms with Gasteiger partial charge in [0.1, 0.15) is 0 Å². The van der Waals surface area contributed by atoms with Gasteiger partial charge in [0.2, 0.25) is 11.8 Å². The number of rotatable bonds is 8. The van der Waals surface area contributed by atoms with Gasteiger partial charge in [0.15, 0.2) is 0 Å². The van der Waals surface area contributed by atoms with E-state index in [1.807, 2.05) is 13.0 Å². The molecule has 0 radical (unpaired) electrons. The second-order valence-electron chi connectivity index (χ2n) is 5.09. The summed E-state index contributed by atoms with van der Waals surface area (Å²) in [7, 11) is 0. The van der Waals surface area contributed by atoms with Gasteiger partial charge in [0.05, 0.1) is 6.61 Å². The minimum absolute atomic E-state index is 0.283. The Hall–Kier alpha value is -1.36. The fourth-order valence-corrected chi connectivity index (χ4v) is 1.80. The zero-order valence-corrected chi connectivity index (χ0v) is 12.4. The molecule has 1 unspecified atom stereocenters. The minimum atomic E-state index is 0.283. The first-order valence-electron chi connectivity index (χ1n) is 7.01. The molecule has 1 heterocycles. The van der Waals surface area contributed by atoms with Crippen LogP contribution < -0.4 is 15.8 Å². The summed E-state index contributed by atoms with van der Waals surface area (Å²) in [4.78, 5) is 8.79. The smallest absolute Gasteiger partial charge is 0.226 e. The van der Waals surface area contributed by atoms with Crippen molar-refractivity contribution < 1.29 is 4.74 Å². The molecule has 0 amide bonds. The van der Waals surface area contributed by atoms with Crippen LogP contribution in [0.5, 0.6) is 5.88 Å². The molecule has 0 aromatic carbocycles. The number of aromatic nitrogens is 2. The Kier molecular flexibility index (Phi) is 6.56. The highest BCUT2D eigenvalue weighted by Gasteiger charge is 2.14. The lowest BCUT2D eigenvalue weighted by atomic mass is 10.0. The number of aryl methyl sites for hydroxylation is 1. The molecule has 0 saturated heterocycles. The number of hydrogen-bond donors (Lipinski definition) is 2. The summed E-state index contributed by atoms with van der Waals surface area (Å²) in [6.07, 6.45) is 1.87. The first-order chi connectivity index (χ1) is 9.06. The van der Waals surface area contributed by atoms with Gasteiger partial charge in [0.25, 0.3) is 0 Å². The molecule has 5 heteroatoms. The molecule has 1 atom stereocenters. The number of anilines is 1. The van der Waals surface area contributed by atoms with E-state index in [-0.39, 0.29) is 6.04 Å². The van der Waals surface area contributed by atoms with Crippen molar-refractivity contribution in [3.8, 4) is 5.88 Å². The number of hydrogen-bond acceptors (Lipinski definition) is 5. The van der Waals surface area contributed by atoms with Crippen molar-refractivity contribution in [2.24, 2.45) is 11.7 Å². The highest BCUT2D eigenvalue weighted by atomic mass is 16.5. The minimum Gasteiger partial charge on any atom is -0.478 e. The normalized spacial score (nSPS) is 12.5. The maximum atomic E-state index is 5.64. The average Bonchev–Trinajstić information content (AvgIpc) is 2.35. The summed E-state index contributed by atoms with van der Waals surface area (Å²) in [6.45, 7) is 9.67. The van der Waals surface area contributed by atoms with Crippen LogP contribution in [0.4, 0.5) is 5.95 Å². The van der Waals surface area contributed by atoms with Crippen molar-refractivity contribution in [2.75, 3.05) is 18.5 Å². The highest BCUT2D eigenvalue weighted by molar-refractivity contribution is 5.31. The number of nitrogens with zero attached hydrogens (tertiary/aromatic N) is 2. The third kappa shape index (κ3) is 5.42. The summed E-state index contributed by atoms with van der Waals surface area (Å²) in [6, 6.07) is 2.14. The standard InChI is InChI=1S/C14H26N4O/c1-5-8-19-13-9-11(4)16-14(18-13)17-12(6-7-15)10(2)3/h9-10,12H,5-8,15H2,1-4H3,(H,16,17,18). The molecule has 0 aliphatic heterocycles. The lowest BCUT2D eigenvalue weighted by Gasteiger charge is -2.22. The highest BCUT2D eigenvalue weighted by Crippen LogP contribution is 2.16. The van der Waals surface area contributed by atoms with Crippen LogP contribution in [0.2, 0.25) is 0 Å². The second-order valence-corrected chi connectivity index (χ2v) is 5.09. The fraction of sp³-hybridized carbons (Fsp3) is 0.714. The molecule has 0 spiro atoms. The van der Waals surface area contributed by atoms with Crippen LogP contribution in [-0.4, -0.2) is 29.2 Å². The molecule has 0 bridgehead atoms. The predicted octanol–water partition coefficient (Wildman–Crippen LogP) is 2.36. The monoisotopic (exact) mass is 266 g/mol. The van der Waals surface area contributed by atoms with Gasteiger partial charge in [-0.1, -0.05) is 20.8 Å². The van der Waals surface area contributed by atoms with Crippen molar-refractivity contribution in [3.05, 3.63) is 11.8 Å². The molecule has 0 fully saturated rings. The molecule has 5 nitrogen and oxygen atoms in total. The van der Waals surface area contributed by atoms with Gasteiger partial charge in [-0.2, -0.15) is 4.98 Å². The molecule has 0 aliphatic carbocycles. The van der Waals surface area contributed by atoms with Gasteiger partial charge in [-0.05, 0) is 32.2 Å². The molecule has 1 rings (SSSR count). The first kappa shape index (κ1) is 15.7. The molecule has 108 valence electrons. The van der Waals surface area contributed by atoms with Gasteiger partial charge in [-0.3, -0.25) is 0 Å². The summed E-state index contributed by atoms with van der Waals surface area (Å²) in [5.41, 5.74) is 6.54. The van der Waals surface area contributed by atoms with Crippen LogP contribution in [0, 0.1) is 12.8 Å². The topological polar surface area (TPSA) is 73.1 Å². The van der Waals surface area contributed by atoms with E-state index in [2.05, 4.69) is 36.1 Å². The Bertz CT molecular complexity index is 382. The van der Waals surface area contributed by atoms with Crippen LogP contribution in [0.3, 0.4) is 0 Å². The van der Waals surface area contributed by atoms with E-state index < -0.39 is 0 Å². The molecular weight excluding hydrogens is 240 g/mol. The second kappa shape index (κ2) is 7.94. The molecule has 3 N–H and O–H groups in total. The average molecular weight is 266 g/mol. The van der Waals surface area contributed by atoms with E-state index in [4.69, 9.17) is 10.5 Å². The lowest BCUT2D eigenvalue weighted by Crippen LogP contribution is -2.29. The lowest BCUT2D eigenvalue weighted by molar-refractivity contribution is 0.304.